The fraction of sp³-hybridized carbons (Fsp3) is 0.545. The van der Waals surface area contributed by atoms with E-state index in [1.54, 1.807) is 25.1 Å². The van der Waals surface area contributed by atoms with Gasteiger partial charge < -0.3 is 19.9 Å². The van der Waals surface area contributed by atoms with E-state index in [1.165, 1.54) is 6.20 Å². The van der Waals surface area contributed by atoms with Crippen molar-refractivity contribution in [2.24, 2.45) is 11.8 Å². The Hall–Kier alpha value is -2.18. The lowest BCUT2D eigenvalue weighted by atomic mass is 9.90. The number of pyridine rings is 1. The number of rotatable bonds is 9. The molecule has 154 valence electrons. The number of nitrogens with zero attached hydrogens (tertiary/aromatic N) is 1. The molecule has 0 spiro atoms. The van der Waals surface area contributed by atoms with Gasteiger partial charge in [0.1, 0.15) is 17.7 Å². The minimum Gasteiger partial charge on any atom is -0.497 e. The maximum absolute atomic E-state index is 13.0. The van der Waals surface area contributed by atoms with E-state index in [0.717, 1.165) is 5.76 Å². The van der Waals surface area contributed by atoms with Gasteiger partial charge in [-0.05, 0) is 51.0 Å². The van der Waals surface area contributed by atoms with Crippen molar-refractivity contribution in [1.82, 2.24) is 4.98 Å². The molecule has 1 aromatic rings. The van der Waals surface area contributed by atoms with Gasteiger partial charge in [0, 0.05) is 11.5 Å². The Kier molecular flexibility index (Phi) is 7.78. The number of carbonyl (C=O) groups excluding carboxylic acids is 1. The number of aliphatic hydroxyl groups is 1. The normalized spacial score (nSPS) is 20.6. The highest BCUT2D eigenvalue weighted by Gasteiger charge is 2.29. The molecule has 2 N–H and O–H groups in total. The van der Waals surface area contributed by atoms with Crippen molar-refractivity contribution in [1.29, 1.82) is 0 Å². The highest BCUT2D eigenvalue weighted by Crippen LogP contribution is 2.30. The van der Waals surface area contributed by atoms with E-state index in [0.29, 0.717) is 29.5 Å². The van der Waals surface area contributed by atoms with Crippen LogP contribution in [-0.2, 0) is 9.47 Å². The first kappa shape index (κ1) is 22.1. The zero-order valence-corrected chi connectivity index (χ0v) is 17.6. The lowest BCUT2D eigenvalue weighted by molar-refractivity contribution is -0.00341. The van der Waals surface area contributed by atoms with Crippen molar-refractivity contribution in [2.75, 3.05) is 11.9 Å². The van der Waals surface area contributed by atoms with Crippen LogP contribution in [0.4, 0.5) is 5.69 Å². The van der Waals surface area contributed by atoms with Gasteiger partial charge in [-0.2, -0.15) is 0 Å². The van der Waals surface area contributed by atoms with Crippen LogP contribution in [-0.4, -0.2) is 40.9 Å². The molecule has 0 bridgehead atoms. The fourth-order valence-electron chi connectivity index (χ4n) is 2.87. The van der Waals surface area contributed by atoms with E-state index in [4.69, 9.17) is 9.47 Å². The van der Waals surface area contributed by atoms with E-state index in [9.17, 15) is 9.90 Å². The molecular formula is C22H32N2O4. The van der Waals surface area contributed by atoms with E-state index in [-0.39, 0.29) is 23.9 Å². The topological polar surface area (TPSA) is 80.7 Å². The average molecular weight is 389 g/mol. The van der Waals surface area contributed by atoms with Gasteiger partial charge in [0.25, 0.3) is 0 Å². The molecule has 0 aromatic carbocycles. The number of aromatic nitrogens is 1. The summed E-state index contributed by atoms with van der Waals surface area (Å²) in [6, 6.07) is 3.37. The molecule has 0 saturated heterocycles. The summed E-state index contributed by atoms with van der Waals surface area (Å²) in [5, 5.41) is 12.2. The van der Waals surface area contributed by atoms with Crippen molar-refractivity contribution in [3.63, 3.8) is 0 Å². The van der Waals surface area contributed by atoms with Crippen LogP contribution in [0, 0.1) is 11.8 Å². The molecule has 2 rings (SSSR count). The number of hydrogen-bond donors (Lipinski definition) is 2. The number of anilines is 1. The van der Waals surface area contributed by atoms with Crippen LogP contribution in [0.1, 0.15) is 52.0 Å². The van der Waals surface area contributed by atoms with E-state index in [1.807, 2.05) is 26.8 Å². The van der Waals surface area contributed by atoms with Gasteiger partial charge in [-0.25, -0.2) is 0 Å². The highest BCUT2D eigenvalue weighted by atomic mass is 16.5. The number of nitrogens with one attached hydrogen (secondary N) is 1. The second kappa shape index (κ2) is 9.85. The van der Waals surface area contributed by atoms with Crippen LogP contribution in [0.3, 0.4) is 0 Å². The Morgan fingerprint density at radius 1 is 1.25 bits per heavy atom. The summed E-state index contributed by atoms with van der Waals surface area (Å²) in [5.41, 5.74) is 1.50. The number of aliphatic hydroxyl groups excluding tert-OH is 1. The van der Waals surface area contributed by atoms with Crippen molar-refractivity contribution >= 4 is 11.5 Å². The monoisotopic (exact) mass is 388 g/mol. The average Bonchev–Trinajstić information content (AvgIpc) is 2.61. The summed E-state index contributed by atoms with van der Waals surface area (Å²) in [7, 11) is 0. The number of allylic oxidation sites excluding steroid dienone is 2. The van der Waals surface area contributed by atoms with Crippen LogP contribution >= 0.6 is 0 Å². The fourth-order valence-corrected chi connectivity index (χ4v) is 2.87. The molecule has 0 radical (unpaired) electrons. The Morgan fingerprint density at radius 2 is 1.96 bits per heavy atom. The minimum absolute atomic E-state index is 0.0308. The van der Waals surface area contributed by atoms with E-state index in [2.05, 4.69) is 24.1 Å². The van der Waals surface area contributed by atoms with Gasteiger partial charge in [0.05, 0.1) is 30.7 Å². The van der Waals surface area contributed by atoms with Crippen LogP contribution in [0.2, 0.25) is 0 Å². The van der Waals surface area contributed by atoms with Crippen molar-refractivity contribution in [2.45, 2.75) is 60.0 Å². The zero-order valence-electron chi connectivity index (χ0n) is 17.6. The van der Waals surface area contributed by atoms with Gasteiger partial charge in [-0.1, -0.05) is 20.8 Å². The second-order valence-corrected chi connectivity index (χ2v) is 7.89. The largest absolute Gasteiger partial charge is 0.497 e. The van der Waals surface area contributed by atoms with Crippen LogP contribution in [0.15, 0.2) is 41.8 Å². The lowest BCUT2D eigenvalue weighted by Gasteiger charge is -2.30. The number of hydrogen-bond acceptors (Lipinski definition) is 6. The third kappa shape index (κ3) is 6.17. The van der Waals surface area contributed by atoms with Gasteiger partial charge in [0.2, 0.25) is 5.78 Å². The molecule has 3 atom stereocenters. The van der Waals surface area contributed by atoms with E-state index < -0.39 is 6.23 Å². The summed E-state index contributed by atoms with van der Waals surface area (Å²) >= 11 is 0. The van der Waals surface area contributed by atoms with E-state index >= 15 is 0 Å². The van der Waals surface area contributed by atoms with Crippen molar-refractivity contribution < 1.29 is 19.4 Å². The minimum atomic E-state index is -0.691. The van der Waals surface area contributed by atoms with Crippen molar-refractivity contribution in [3.8, 4) is 0 Å². The SMILES string of the molecule is CC(C)COC1=CC(C(=O)c2ccc(NC(C)O)cn2)=CC(OC(C)C)C1C. The third-order valence-corrected chi connectivity index (χ3v) is 4.23. The van der Waals surface area contributed by atoms with Gasteiger partial charge >= 0.3 is 0 Å². The summed E-state index contributed by atoms with van der Waals surface area (Å²) in [4.78, 5) is 17.2. The zero-order chi connectivity index (χ0) is 20.8. The standard InChI is InChI=1S/C22H32N2O4/c1-13(2)12-27-20-9-17(10-21(15(20)5)28-14(3)4)22(26)19-8-7-18(11-23-19)24-16(6)25/h7-11,13-16,21,24-25H,12H2,1-6H3. The molecule has 0 amide bonds. The molecule has 6 heteroatoms. The first-order chi connectivity index (χ1) is 13.2. The quantitative estimate of drug-likeness (QED) is 0.493. The van der Waals surface area contributed by atoms with Gasteiger partial charge in [-0.15, -0.1) is 0 Å². The lowest BCUT2D eigenvalue weighted by Crippen LogP contribution is -2.30. The Balaban J connectivity index is 2.26. The summed E-state index contributed by atoms with van der Waals surface area (Å²) in [6.45, 7) is 12.4. The first-order valence-corrected chi connectivity index (χ1v) is 9.84. The van der Waals surface area contributed by atoms with Crippen LogP contribution in [0.25, 0.3) is 0 Å². The molecule has 1 heterocycles. The summed E-state index contributed by atoms with van der Waals surface area (Å²) in [5.74, 6) is 0.998. The summed E-state index contributed by atoms with van der Waals surface area (Å²) < 4.78 is 12.0. The Bertz CT molecular complexity index is 721. The highest BCUT2D eigenvalue weighted by molar-refractivity contribution is 6.09. The molecule has 28 heavy (non-hydrogen) atoms. The van der Waals surface area contributed by atoms with Crippen LogP contribution < -0.4 is 5.32 Å². The molecule has 3 unspecified atom stereocenters. The predicted octanol–water partition coefficient (Wildman–Crippen LogP) is 3.94. The molecule has 0 saturated carbocycles. The molecule has 0 fully saturated rings. The van der Waals surface area contributed by atoms with Crippen molar-refractivity contribution in [3.05, 3.63) is 47.5 Å². The molecule has 1 aliphatic rings. The third-order valence-electron chi connectivity index (χ3n) is 4.23. The maximum atomic E-state index is 13.0. The summed E-state index contributed by atoms with van der Waals surface area (Å²) in [6.07, 6.45) is 4.31. The molecule has 6 nitrogen and oxygen atoms in total. The Morgan fingerprint density at radius 3 is 2.50 bits per heavy atom. The number of ether oxygens (including phenoxy) is 2. The molecule has 1 aliphatic carbocycles. The van der Waals surface area contributed by atoms with Gasteiger partial charge in [0.15, 0.2) is 0 Å². The smallest absolute Gasteiger partial charge is 0.211 e. The molecular weight excluding hydrogens is 356 g/mol. The number of ketones is 1. The molecule has 1 aromatic heterocycles. The van der Waals surface area contributed by atoms with Crippen LogP contribution in [0.5, 0.6) is 0 Å². The van der Waals surface area contributed by atoms with Gasteiger partial charge in [-0.3, -0.25) is 9.78 Å². The maximum Gasteiger partial charge on any atom is 0.211 e. The number of Topliss-reactive ketones (excluding diaryl/α,β-unsaturated/α-hetero) is 1. The molecule has 0 aliphatic heterocycles. The first-order valence-electron chi connectivity index (χ1n) is 9.84. The number of carbonyl (C=O) groups is 1. The predicted molar refractivity (Wildman–Crippen MR) is 110 cm³/mol. The second-order valence-electron chi connectivity index (χ2n) is 7.89. The Labute approximate surface area is 167 Å².